The molecule has 1 aromatic rings. The maximum Gasteiger partial charge on any atom is 0.219 e. The van der Waals surface area contributed by atoms with Gasteiger partial charge >= 0.3 is 0 Å². The third-order valence-electron chi connectivity index (χ3n) is 3.01. The highest BCUT2D eigenvalue weighted by Gasteiger charge is 2.21. The van der Waals surface area contributed by atoms with Gasteiger partial charge in [0, 0.05) is 17.7 Å². The zero-order valence-corrected chi connectivity index (χ0v) is 10.4. The Balaban J connectivity index is 2.11. The molecule has 0 atom stereocenters. The highest BCUT2D eigenvalue weighted by molar-refractivity contribution is 5.75. The van der Waals surface area contributed by atoms with Crippen molar-refractivity contribution in [2.24, 2.45) is 5.73 Å². The number of carbonyl (C=O) groups is 1. The molecule has 0 radical (unpaired) electrons. The van der Waals surface area contributed by atoms with Crippen LogP contribution in [0.15, 0.2) is 12.1 Å². The number of anilines is 1. The summed E-state index contributed by atoms with van der Waals surface area (Å²) in [6.45, 7) is 3.90. The second kappa shape index (κ2) is 4.35. The van der Waals surface area contributed by atoms with Gasteiger partial charge in [-0.2, -0.15) is 0 Å². The molecule has 4 heteroatoms. The van der Waals surface area contributed by atoms with E-state index in [1.807, 2.05) is 19.9 Å². The van der Waals surface area contributed by atoms with Crippen LogP contribution in [0.1, 0.15) is 37.9 Å². The third kappa shape index (κ3) is 2.96. The van der Waals surface area contributed by atoms with Crippen molar-refractivity contribution < 1.29 is 4.79 Å². The van der Waals surface area contributed by atoms with E-state index in [1.54, 1.807) is 0 Å². The van der Waals surface area contributed by atoms with E-state index in [4.69, 9.17) is 5.73 Å². The average Bonchev–Trinajstić information content (AvgIpc) is 2.61. The minimum absolute atomic E-state index is 0.297. The predicted octanol–water partition coefficient (Wildman–Crippen LogP) is 1.64. The lowest BCUT2D eigenvalue weighted by Crippen LogP contribution is -2.36. The van der Waals surface area contributed by atoms with Crippen LogP contribution in [0.5, 0.6) is 0 Å². The summed E-state index contributed by atoms with van der Waals surface area (Å²) >= 11 is 0. The molecule has 17 heavy (non-hydrogen) atoms. The van der Waals surface area contributed by atoms with Crippen molar-refractivity contribution >= 4 is 11.7 Å². The van der Waals surface area contributed by atoms with Gasteiger partial charge in [-0.15, -0.1) is 0 Å². The Kier molecular flexibility index (Phi) is 3.05. The number of aryl methyl sites for hydroxylation is 2. The van der Waals surface area contributed by atoms with E-state index in [-0.39, 0.29) is 11.4 Å². The summed E-state index contributed by atoms with van der Waals surface area (Å²) in [6, 6.07) is 4.10. The van der Waals surface area contributed by atoms with Crippen LogP contribution in [-0.2, 0) is 17.6 Å². The lowest BCUT2D eigenvalue weighted by Gasteiger charge is -2.25. The van der Waals surface area contributed by atoms with Crippen LogP contribution >= 0.6 is 0 Å². The molecule has 3 N–H and O–H groups in total. The molecule has 0 unspecified atom stereocenters. The second-order valence-electron chi connectivity index (χ2n) is 5.31. The van der Waals surface area contributed by atoms with Gasteiger partial charge in [0.1, 0.15) is 5.82 Å². The average molecular weight is 233 g/mol. The fourth-order valence-corrected chi connectivity index (χ4v) is 2.32. The predicted molar refractivity (Wildman–Crippen MR) is 67.8 cm³/mol. The molecule has 1 aliphatic rings. The third-order valence-corrected chi connectivity index (χ3v) is 3.01. The van der Waals surface area contributed by atoms with Crippen LogP contribution in [0.2, 0.25) is 0 Å². The van der Waals surface area contributed by atoms with Gasteiger partial charge in [-0.1, -0.05) is 6.07 Å². The standard InChI is InChI=1S/C13H19N3O/c1-13(2,8-11(14)17)16-12-7-6-9-4-3-5-10(9)15-12/h6-7H,3-5,8H2,1-2H3,(H2,14,17)(H,15,16). The van der Waals surface area contributed by atoms with Crippen LogP contribution in [0.4, 0.5) is 5.82 Å². The fraction of sp³-hybridized carbons (Fsp3) is 0.538. The largest absolute Gasteiger partial charge is 0.370 e. The number of hydrogen-bond acceptors (Lipinski definition) is 3. The monoisotopic (exact) mass is 233 g/mol. The number of nitrogens with one attached hydrogen (secondary N) is 1. The number of fused-ring (bicyclic) bond motifs is 1. The molecule has 1 aliphatic carbocycles. The van der Waals surface area contributed by atoms with Crippen molar-refractivity contribution in [3.05, 3.63) is 23.4 Å². The van der Waals surface area contributed by atoms with Crippen molar-refractivity contribution in [3.63, 3.8) is 0 Å². The lowest BCUT2D eigenvalue weighted by molar-refractivity contribution is -0.118. The van der Waals surface area contributed by atoms with Crippen molar-refractivity contribution in [1.29, 1.82) is 0 Å². The van der Waals surface area contributed by atoms with Crippen LogP contribution in [-0.4, -0.2) is 16.4 Å². The van der Waals surface area contributed by atoms with Gasteiger partial charge in [0.15, 0.2) is 0 Å². The number of carbonyl (C=O) groups excluding carboxylic acids is 1. The van der Waals surface area contributed by atoms with Crippen molar-refractivity contribution in [2.75, 3.05) is 5.32 Å². The molecule has 2 rings (SSSR count). The molecular formula is C13H19N3O. The zero-order chi connectivity index (χ0) is 12.5. The first kappa shape index (κ1) is 11.9. The maximum absolute atomic E-state index is 11.0. The van der Waals surface area contributed by atoms with E-state index in [9.17, 15) is 4.79 Å². The van der Waals surface area contributed by atoms with Crippen LogP contribution in [0.25, 0.3) is 0 Å². The SMILES string of the molecule is CC(C)(CC(N)=O)Nc1ccc2c(n1)CCC2. The van der Waals surface area contributed by atoms with E-state index < -0.39 is 0 Å². The molecule has 0 fully saturated rings. The Morgan fingerprint density at radius 3 is 2.94 bits per heavy atom. The second-order valence-corrected chi connectivity index (χ2v) is 5.31. The highest BCUT2D eigenvalue weighted by Crippen LogP contribution is 2.23. The molecule has 0 aliphatic heterocycles. The Morgan fingerprint density at radius 2 is 2.24 bits per heavy atom. The number of pyridine rings is 1. The van der Waals surface area contributed by atoms with Crippen LogP contribution in [0, 0.1) is 0 Å². The van der Waals surface area contributed by atoms with Gasteiger partial charge in [-0.25, -0.2) is 4.98 Å². The number of amides is 1. The highest BCUT2D eigenvalue weighted by atomic mass is 16.1. The first-order valence-corrected chi connectivity index (χ1v) is 6.01. The van der Waals surface area contributed by atoms with Crippen molar-refractivity contribution in [2.45, 2.75) is 45.1 Å². The minimum Gasteiger partial charge on any atom is -0.370 e. The zero-order valence-electron chi connectivity index (χ0n) is 10.4. The summed E-state index contributed by atoms with van der Waals surface area (Å²) in [4.78, 5) is 15.5. The van der Waals surface area contributed by atoms with E-state index in [2.05, 4.69) is 16.4 Å². The van der Waals surface area contributed by atoms with Gasteiger partial charge in [-0.3, -0.25) is 4.79 Å². The van der Waals surface area contributed by atoms with E-state index in [0.717, 1.165) is 18.7 Å². The summed E-state index contributed by atoms with van der Waals surface area (Å²) < 4.78 is 0. The van der Waals surface area contributed by atoms with Gasteiger partial charge < -0.3 is 11.1 Å². The molecule has 1 heterocycles. The molecule has 0 saturated heterocycles. The first-order chi connectivity index (χ1) is 7.96. The molecule has 1 amide bonds. The number of nitrogens with zero attached hydrogens (tertiary/aromatic N) is 1. The topological polar surface area (TPSA) is 68.0 Å². The van der Waals surface area contributed by atoms with Crippen molar-refractivity contribution in [1.82, 2.24) is 4.98 Å². The van der Waals surface area contributed by atoms with Gasteiger partial charge in [0.2, 0.25) is 5.91 Å². The van der Waals surface area contributed by atoms with E-state index >= 15 is 0 Å². The normalized spacial score (nSPS) is 14.5. The van der Waals surface area contributed by atoms with Gasteiger partial charge in [0.25, 0.3) is 0 Å². The number of aromatic nitrogens is 1. The smallest absolute Gasteiger partial charge is 0.219 e. The van der Waals surface area contributed by atoms with Gasteiger partial charge in [-0.05, 0) is 44.7 Å². The lowest BCUT2D eigenvalue weighted by atomic mass is 10.0. The fourth-order valence-electron chi connectivity index (χ4n) is 2.32. The Hall–Kier alpha value is -1.58. The Bertz CT molecular complexity index is 440. The molecule has 0 bridgehead atoms. The van der Waals surface area contributed by atoms with Crippen molar-refractivity contribution in [3.8, 4) is 0 Å². The first-order valence-electron chi connectivity index (χ1n) is 6.01. The summed E-state index contributed by atoms with van der Waals surface area (Å²) in [7, 11) is 0. The molecular weight excluding hydrogens is 214 g/mol. The molecule has 0 saturated carbocycles. The molecule has 1 aromatic heterocycles. The van der Waals surface area contributed by atoms with Crippen LogP contribution < -0.4 is 11.1 Å². The minimum atomic E-state index is -0.355. The summed E-state index contributed by atoms with van der Waals surface area (Å²) in [5, 5.41) is 3.27. The molecule has 92 valence electrons. The van der Waals surface area contributed by atoms with Crippen LogP contribution in [0.3, 0.4) is 0 Å². The quantitative estimate of drug-likeness (QED) is 0.830. The number of primary amides is 1. The Morgan fingerprint density at radius 1 is 1.47 bits per heavy atom. The van der Waals surface area contributed by atoms with E-state index in [0.29, 0.717) is 6.42 Å². The summed E-state index contributed by atoms with van der Waals surface area (Å²) in [6.07, 6.45) is 3.68. The number of nitrogens with two attached hydrogens (primary N) is 1. The molecule has 0 spiro atoms. The number of rotatable bonds is 4. The maximum atomic E-state index is 11.0. The summed E-state index contributed by atoms with van der Waals surface area (Å²) in [5.74, 6) is 0.528. The molecule has 4 nitrogen and oxygen atoms in total. The Labute approximate surface area is 102 Å². The van der Waals surface area contributed by atoms with E-state index in [1.165, 1.54) is 17.7 Å². The molecule has 0 aromatic carbocycles. The summed E-state index contributed by atoms with van der Waals surface area (Å²) in [5.41, 5.74) is 7.40. The number of hydrogen-bond donors (Lipinski definition) is 2. The van der Waals surface area contributed by atoms with Gasteiger partial charge in [0.05, 0.1) is 0 Å².